The first-order chi connectivity index (χ1) is 11.7. The Morgan fingerprint density at radius 1 is 1.08 bits per heavy atom. The van der Waals surface area contributed by atoms with Gasteiger partial charge < -0.3 is 9.80 Å². The number of hydrogen-bond acceptors (Lipinski definition) is 5. The van der Waals surface area contributed by atoms with Crippen molar-refractivity contribution in [2.75, 3.05) is 13.1 Å². The van der Waals surface area contributed by atoms with Crippen molar-refractivity contribution >= 4 is 11.8 Å². The lowest BCUT2D eigenvalue weighted by atomic mass is 9.91. The molecule has 0 spiro atoms. The van der Waals surface area contributed by atoms with E-state index in [9.17, 15) is 9.59 Å². The maximum atomic E-state index is 12.3. The molecule has 0 N–H and O–H groups in total. The first-order valence-electron chi connectivity index (χ1n) is 8.15. The minimum absolute atomic E-state index is 0.261. The molecule has 8 nitrogen and oxygen atoms in total. The summed E-state index contributed by atoms with van der Waals surface area (Å²) in [5.41, 5.74) is 0.657. The number of nitrogens with zero attached hydrogens (tertiary/aromatic N) is 6. The summed E-state index contributed by atoms with van der Waals surface area (Å²) in [4.78, 5) is 27.8. The number of carbonyl (C=O) groups excluding carboxylic acids is 2. The van der Waals surface area contributed by atoms with E-state index in [-0.39, 0.29) is 11.9 Å². The van der Waals surface area contributed by atoms with E-state index in [1.54, 1.807) is 39.0 Å². The smallest absolute Gasteiger partial charge is 0.312 e. The molecular weight excluding hydrogens is 308 g/mol. The van der Waals surface area contributed by atoms with Crippen LogP contribution in [0.25, 0.3) is 5.82 Å². The molecule has 2 aliphatic rings. The highest BCUT2D eigenvalue weighted by atomic mass is 16.2. The third-order valence-corrected chi connectivity index (χ3v) is 4.65. The lowest BCUT2D eigenvalue weighted by Crippen LogP contribution is -2.58. The molecule has 1 saturated heterocycles. The zero-order chi connectivity index (χ0) is 16.5. The van der Waals surface area contributed by atoms with Crippen LogP contribution in [0.15, 0.2) is 30.6 Å². The molecule has 1 saturated carbocycles. The molecule has 1 aliphatic heterocycles. The van der Waals surface area contributed by atoms with Crippen molar-refractivity contribution in [2.24, 2.45) is 0 Å². The predicted octanol–water partition coefficient (Wildman–Crippen LogP) is 0.386. The van der Waals surface area contributed by atoms with E-state index in [1.807, 2.05) is 6.07 Å². The van der Waals surface area contributed by atoms with Gasteiger partial charge in [-0.05, 0) is 37.5 Å². The third-order valence-electron chi connectivity index (χ3n) is 4.65. The lowest BCUT2D eigenvalue weighted by Gasteiger charge is -2.42. The van der Waals surface area contributed by atoms with Gasteiger partial charge in [-0.25, -0.2) is 4.68 Å². The van der Waals surface area contributed by atoms with E-state index < -0.39 is 5.91 Å². The Hall–Kier alpha value is -2.77. The maximum absolute atomic E-state index is 12.3. The summed E-state index contributed by atoms with van der Waals surface area (Å²) < 4.78 is 1.61. The SMILES string of the molecule is O=C1C(=O)N(C2CCC2)CCN1Cc1ccc(-n2cccn2)nn1. The summed E-state index contributed by atoms with van der Waals surface area (Å²) in [7, 11) is 0. The van der Waals surface area contributed by atoms with Crippen LogP contribution < -0.4 is 0 Å². The summed E-state index contributed by atoms with van der Waals surface area (Å²) in [5, 5.41) is 12.3. The molecule has 1 aliphatic carbocycles. The Labute approximate surface area is 139 Å². The number of amides is 2. The quantitative estimate of drug-likeness (QED) is 0.759. The highest BCUT2D eigenvalue weighted by molar-refractivity contribution is 6.35. The molecule has 24 heavy (non-hydrogen) atoms. The highest BCUT2D eigenvalue weighted by Crippen LogP contribution is 2.26. The van der Waals surface area contributed by atoms with Gasteiger partial charge in [-0.15, -0.1) is 5.10 Å². The Kier molecular flexibility index (Phi) is 3.72. The van der Waals surface area contributed by atoms with Crippen molar-refractivity contribution in [3.8, 4) is 5.82 Å². The topological polar surface area (TPSA) is 84.2 Å². The average Bonchev–Trinajstić information content (AvgIpc) is 3.08. The number of aromatic nitrogens is 4. The molecule has 124 valence electrons. The van der Waals surface area contributed by atoms with Crippen LogP contribution in [0.1, 0.15) is 25.0 Å². The molecule has 3 heterocycles. The van der Waals surface area contributed by atoms with Gasteiger partial charge >= 0.3 is 11.8 Å². The Balaban J connectivity index is 1.42. The number of rotatable bonds is 4. The zero-order valence-electron chi connectivity index (χ0n) is 13.2. The van der Waals surface area contributed by atoms with Crippen molar-refractivity contribution in [3.63, 3.8) is 0 Å². The average molecular weight is 326 g/mol. The second-order valence-electron chi connectivity index (χ2n) is 6.14. The highest BCUT2D eigenvalue weighted by Gasteiger charge is 2.38. The van der Waals surface area contributed by atoms with E-state index in [1.165, 1.54) is 0 Å². The molecule has 0 radical (unpaired) electrons. The van der Waals surface area contributed by atoms with Crippen molar-refractivity contribution in [1.82, 2.24) is 29.8 Å². The zero-order valence-corrected chi connectivity index (χ0v) is 13.2. The van der Waals surface area contributed by atoms with Gasteiger partial charge in [-0.3, -0.25) is 9.59 Å². The Morgan fingerprint density at radius 3 is 2.58 bits per heavy atom. The second-order valence-corrected chi connectivity index (χ2v) is 6.14. The van der Waals surface area contributed by atoms with E-state index >= 15 is 0 Å². The number of hydrogen-bond donors (Lipinski definition) is 0. The minimum Gasteiger partial charge on any atom is -0.330 e. The fourth-order valence-electron chi connectivity index (χ4n) is 3.05. The van der Waals surface area contributed by atoms with Gasteiger partial charge in [0, 0.05) is 31.5 Å². The first-order valence-corrected chi connectivity index (χ1v) is 8.15. The summed E-state index contributed by atoms with van der Waals surface area (Å²) in [5.74, 6) is -0.209. The van der Waals surface area contributed by atoms with Crippen molar-refractivity contribution in [3.05, 3.63) is 36.3 Å². The van der Waals surface area contributed by atoms with Crippen LogP contribution in [-0.2, 0) is 16.1 Å². The molecule has 0 bridgehead atoms. The normalized spacial score (nSPS) is 18.8. The number of carbonyl (C=O) groups is 2. The third kappa shape index (κ3) is 2.64. The summed E-state index contributed by atoms with van der Waals surface area (Å²) in [6, 6.07) is 5.67. The Bertz CT molecular complexity index is 738. The molecule has 8 heteroatoms. The molecule has 0 aromatic carbocycles. The first kappa shape index (κ1) is 14.8. The van der Waals surface area contributed by atoms with Gasteiger partial charge in [0.1, 0.15) is 0 Å². The minimum atomic E-state index is -0.439. The van der Waals surface area contributed by atoms with Crippen LogP contribution in [0.4, 0.5) is 0 Å². The van der Waals surface area contributed by atoms with E-state index in [2.05, 4.69) is 15.3 Å². The second kappa shape index (κ2) is 6.03. The predicted molar refractivity (Wildman–Crippen MR) is 83.9 cm³/mol. The van der Waals surface area contributed by atoms with Gasteiger partial charge in [0.2, 0.25) is 0 Å². The van der Waals surface area contributed by atoms with Crippen LogP contribution >= 0.6 is 0 Å². The molecule has 2 aromatic rings. The summed E-state index contributed by atoms with van der Waals surface area (Å²) >= 11 is 0. The molecule has 0 atom stereocenters. The van der Waals surface area contributed by atoms with Crippen LogP contribution in [-0.4, -0.2) is 60.7 Å². The van der Waals surface area contributed by atoms with E-state index in [4.69, 9.17) is 0 Å². The molecule has 2 amide bonds. The Morgan fingerprint density at radius 2 is 1.96 bits per heavy atom. The van der Waals surface area contributed by atoms with Crippen molar-refractivity contribution in [2.45, 2.75) is 31.8 Å². The van der Waals surface area contributed by atoms with Crippen molar-refractivity contribution < 1.29 is 9.59 Å². The monoisotopic (exact) mass is 326 g/mol. The van der Waals surface area contributed by atoms with Crippen LogP contribution in [0.2, 0.25) is 0 Å². The standard InChI is InChI=1S/C16H18N6O2/c23-15-16(24)21(13-3-1-4-13)10-9-20(15)11-12-5-6-14(19-18-12)22-8-2-7-17-22/h2,5-8,13H,1,3-4,9-11H2. The van der Waals surface area contributed by atoms with Crippen LogP contribution in [0, 0.1) is 0 Å². The molecule has 4 rings (SSSR count). The van der Waals surface area contributed by atoms with Crippen LogP contribution in [0.3, 0.4) is 0 Å². The largest absolute Gasteiger partial charge is 0.330 e. The van der Waals surface area contributed by atoms with Gasteiger partial charge in [0.25, 0.3) is 0 Å². The fourth-order valence-corrected chi connectivity index (χ4v) is 3.05. The summed E-state index contributed by atoms with van der Waals surface area (Å²) in [6.07, 6.45) is 6.62. The fraction of sp³-hybridized carbons (Fsp3) is 0.438. The van der Waals surface area contributed by atoms with Gasteiger partial charge in [0.05, 0.1) is 12.2 Å². The van der Waals surface area contributed by atoms with Gasteiger partial charge in [0.15, 0.2) is 5.82 Å². The summed E-state index contributed by atoms with van der Waals surface area (Å²) in [6.45, 7) is 1.45. The van der Waals surface area contributed by atoms with Crippen LogP contribution in [0.5, 0.6) is 0 Å². The van der Waals surface area contributed by atoms with E-state index in [0.29, 0.717) is 31.1 Å². The maximum Gasteiger partial charge on any atom is 0.312 e. The molecule has 2 aromatic heterocycles. The molecular formula is C16H18N6O2. The molecule has 2 fully saturated rings. The van der Waals surface area contributed by atoms with E-state index in [0.717, 1.165) is 19.3 Å². The lowest BCUT2D eigenvalue weighted by molar-refractivity contribution is -0.159. The van der Waals surface area contributed by atoms with Crippen molar-refractivity contribution in [1.29, 1.82) is 0 Å². The van der Waals surface area contributed by atoms with Gasteiger partial charge in [-0.1, -0.05) is 0 Å². The number of piperazine rings is 1. The van der Waals surface area contributed by atoms with Gasteiger partial charge in [-0.2, -0.15) is 10.2 Å². The molecule has 0 unspecified atom stereocenters.